The summed E-state index contributed by atoms with van der Waals surface area (Å²) >= 11 is 0. The van der Waals surface area contributed by atoms with Gasteiger partial charge in [-0.1, -0.05) is 24.6 Å². The Bertz CT molecular complexity index is 788. The molecule has 1 saturated heterocycles. The van der Waals surface area contributed by atoms with Gasteiger partial charge < -0.3 is 24.8 Å². The summed E-state index contributed by atoms with van der Waals surface area (Å²) < 4.78 is 10.9. The average molecular weight is 433 g/mol. The number of carbonyl (C=O) groups is 3. The topological polar surface area (TPSA) is 105 Å². The number of aliphatic carboxylic acids is 1. The number of nitrogens with one attached hydrogen (secondary N) is 1. The average Bonchev–Trinajstić information content (AvgIpc) is 2.75. The minimum absolute atomic E-state index is 0.0340. The van der Waals surface area contributed by atoms with E-state index < -0.39 is 18.0 Å². The van der Waals surface area contributed by atoms with Gasteiger partial charge in [0.2, 0.25) is 11.8 Å². The molecule has 1 spiro atoms. The molecular formula is C23H32N2O6. The summed E-state index contributed by atoms with van der Waals surface area (Å²) in [5, 5.41) is 11.8. The lowest BCUT2D eigenvalue weighted by molar-refractivity contribution is -0.148. The summed E-state index contributed by atoms with van der Waals surface area (Å²) in [5.41, 5.74) is 0.698. The summed E-state index contributed by atoms with van der Waals surface area (Å²) in [5.74, 6) is -0.415. The molecule has 0 unspecified atom stereocenters. The third kappa shape index (κ3) is 6.19. The molecule has 0 saturated carbocycles. The van der Waals surface area contributed by atoms with E-state index in [9.17, 15) is 14.4 Å². The summed E-state index contributed by atoms with van der Waals surface area (Å²) in [4.78, 5) is 37.7. The molecule has 0 radical (unpaired) electrons. The summed E-state index contributed by atoms with van der Waals surface area (Å²) in [6, 6.07) is 7.93. The smallest absolute Gasteiger partial charge is 0.329 e. The van der Waals surface area contributed by atoms with Crippen molar-refractivity contribution in [1.82, 2.24) is 10.2 Å². The fourth-order valence-corrected chi connectivity index (χ4v) is 4.36. The van der Waals surface area contributed by atoms with Gasteiger partial charge in [-0.15, -0.1) is 0 Å². The van der Waals surface area contributed by atoms with E-state index in [2.05, 4.69) is 11.4 Å². The fourth-order valence-electron chi connectivity index (χ4n) is 4.36. The van der Waals surface area contributed by atoms with E-state index in [1.54, 1.807) is 4.90 Å². The van der Waals surface area contributed by atoms with Crippen molar-refractivity contribution in [1.29, 1.82) is 0 Å². The normalized spacial score (nSPS) is 21.8. The number of hydrogen-bond acceptors (Lipinski definition) is 5. The maximum Gasteiger partial charge on any atom is 0.329 e. The molecule has 2 heterocycles. The Morgan fingerprint density at radius 2 is 1.94 bits per heavy atom. The molecule has 8 nitrogen and oxygen atoms in total. The Hall–Kier alpha value is -2.61. The van der Waals surface area contributed by atoms with Crippen LogP contribution in [-0.2, 0) is 25.5 Å². The number of carboxylic acid groups (broad SMARTS) is 1. The number of piperidine rings is 1. The summed E-state index contributed by atoms with van der Waals surface area (Å²) in [6.07, 6.45) is 4.77. The van der Waals surface area contributed by atoms with Gasteiger partial charge in [-0.05, 0) is 50.7 Å². The maximum absolute atomic E-state index is 13.2. The zero-order valence-corrected chi connectivity index (χ0v) is 18.1. The number of para-hydroxylation sites is 1. The summed E-state index contributed by atoms with van der Waals surface area (Å²) in [7, 11) is 0. The van der Waals surface area contributed by atoms with Crippen LogP contribution in [0.25, 0.3) is 0 Å². The number of benzene rings is 1. The highest BCUT2D eigenvalue weighted by molar-refractivity contribution is 5.84. The Morgan fingerprint density at radius 1 is 1.19 bits per heavy atom. The minimum Gasteiger partial charge on any atom is -0.491 e. The highest BCUT2D eigenvalue weighted by Crippen LogP contribution is 2.38. The van der Waals surface area contributed by atoms with Gasteiger partial charge in [0, 0.05) is 13.1 Å². The van der Waals surface area contributed by atoms with E-state index in [4.69, 9.17) is 14.6 Å². The van der Waals surface area contributed by atoms with Gasteiger partial charge in [0.05, 0.1) is 11.5 Å². The lowest BCUT2D eigenvalue weighted by Gasteiger charge is -2.41. The number of nitrogens with zero attached hydrogens (tertiary/aromatic N) is 1. The van der Waals surface area contributed by atoms with Crippen LogP contribution in [0.15, 0.2) is 24.3 Å². The van der Waals surface area contributed by atoms with Gasteiger partial charge in [0.1, 0.15) is 25.6 Å². The molecule has 8 heteroatoms. The quantitative estimate of drug-likeness (QED) is 0.754. The van der Waals surface area contributed by atoms with Crippen molar-refractivity contribution in [3.05, 3.63) is 29.8 Å². The number of amides is 2. The standard InChI is InChI=1S/C23H32N2O6/c1-17-14-31-19-8-3-2-6-18(19)7-4-5-9-23(22(29)24-17)10-12-25(13-11-23)20(26)15-30-16-21(27)28/h2-3,6,8,17H,4-5,7,9-16H2,1H3,(H,24,29)(H,27,28)/t17-/m0/s1. The van der Waals surface area contributed by atoms with Crippen LogP contribution < -0.4 is 10.1 Å². The number of ether oxygens (including phenoxy) is 2. The molecule has 1 aromatic rings. The van der Waals surface area contributed by atoms with Crippen molar-refractivity contribution in [2.45, 2.75) is 51.5 Å². The monoisotopic (exact) mass is 432 g/mol. The summed E-state index contributed by atoms with van der Waals surface area (Å²) in [6.45, 7) is 2.55. The molecule has 0 aromatic heterocycles. The van der Waals surface area contributed by atoms with Crippen LogP contribution in [0, 0.1) is 5.41 Å². The Morgan fingerprint density at radius 3 is 2.68 bits per heavy atom. The van der Waals surface area contributed by atoms with Crippen molar-refractivity contribution < 1.29 is 29.0 Å². The zero-order chi connectivity index (χ0) is 22.3. The number of rotatable bonds is 4. The van der Waals surface area contributed by atoms with E-state index >= 15 is 0 Å². The van der Waals surface area contributed by atoms with Crippen LogP contribution in [0.1, 0.15) is 44.6 Å². The van der Waals surface area contributed by atoms with Crippen LogP contribution in [0.5, 0.6) is 5.75 Å². The third-order valence-corrected chi connectivity index (χ3v) is 6.20. The number of carboxylic acids is 1. The van der Waals surface area contributed by atoms with Crippen molar-refractivity contribution in [2.75, 3.05) is 32.9 Å². The largest absolute Gasteiger partial charge is 0.491 e. The third-order valence-electron chi connectivity index (χ3n) is 6.20. The zero-order valence-electron chi connectivity index (χ0n) is 18.1. The predicted molar refractivity (Wildman–Crippen MR) is 114 cm³/mol. The molecule has 1 aromatic carbocycles. The van der Waals surface area contributed by atoms with Crippen LogP contribution >= 0.6 is 0 Å². The molecule has 170 valence electrons. The predicted octanol–water partition coefficient (Wildman–Crippen LogP) is 2.01. The molecule has 2 amide bonds. The molecule has 1 atom stereocenters. The first-order valence-corrected chi connectivity index (χ1v) is 11.0. The molecule has 2 aliphatic rings. The van der Waals surface area contributed by atoms with E-state index in [0.29, 0.717) is 32.5 Å². The van der Waals surface area contributed by atoms with E-state index in [1.165, 1.54) is 5.56 Å². The lowest BCUT2D eigenvalue weighted by Crippen LogP contribution is -2.53. The second kappa shape index (κ2) is 10.6. The number of carbonyl (C=O) groups excluding carboxylic acids is 2. The van der Waals surface area contributed by atoms with Crippen LogP contribution in [0.2, 0.25) is 0 Å². The second-order valence-electron chi connectivity index (χ2n) is 8.55. The lowest BCUT2D eigenvalue weighted by atomic mass is 9.73. The molecule has 0 bridgehead atoms. The van der Waals surface area contributed by atoms with Crippen molar-refractivity contribution >= 4 is 17.8 Å². The van der Waals surface area contributed by atoms with E-state index in [0.717, 1.165) is 31.4 Å². The van der Waals surface area contributed by atoms with Crippen LogP contribution in [0.4, 0.5) is 0 Å². The van der Waals surface area contributed by atoms with Crippen molar-refractivity contribution in [2.24, 2.45) is 5.41 Å². The fraction of sp³-hybridized carbons (Fsp3) is 0.609. The Kier molecular flexibility index (Phi) is 7.90. The SMILES string of the molecule is C[C@H]1COc2ccccc2CCCCC2(CCN(C(=O)COCC(=O)O)CC2)C(=O)N1. The van der Waals surface area contributed by atoms with Gasteiger partial charge >= 0.3 is 5.97 Å². The molecule has 0 aliphatic carbocycles. The molecule has 3 rings (SSSR count). The minimum atomic E-state index is -1.10. The number of aryl methyl sites for hydroxylation is 1. The molecule has 2 N–H and O–H groups in total. The van der Waals surface area contributed by atoms with Crippen LogP contribution in [-0.4, -0.2) is 66.7 Å². The number of fused-ring (bicyclic) bond motifs is 1. The van der Waals surface area contributed by atoms with Gasteiger partial charge in [-0.3, -0.25) is 9.59 Å². The van der Waals surface area contributed by atoms with E-state index in [-0.39, 0.29) is 24.5 Å². The van der Waals surface area contributed by atoms with Gasteiger partial charge in [-0.25, -0.2) is 4.79 Å². The molecular weight excluding hydrogens is 400 g/mol. The van der Waals surface area contributed by atoms with Gasteiger partial charge in [0.25, 0.3) is 0 Å². The first-order chi connectivity index (χ1) is 14.9. The Balaban J connectivity index is 1.62. The number of hydrogen-bond donors (Lipinski definition) is 2. The number of likely N-dealkylation sites (tertiary alicyclic amines) is 1. The highest BCUT2D eigenvalue weighted by Gasteiger charge is 2.42. The van der Waals surface area contributed by atoms with E-state index in [1.807, 2.05) is 25.1 Å². The van der Waals surface area contributed by atoms with Crippen molar-refractivity contribution in [3.8, 4) is 5.75 Å². The van der Waals surface area contributed by atoms with Gasteiger partial charge in [-0.2, -0.15) is 0 Å². The molecule has 31 heavy (non-hydrogen) atoms. The first-order valence-electron chi connectivity index (χ1n) is 11.0. The van der Waals surface area contributed by atoms with Crippen LogP contribution in [0.3, 0.4) is 0 Å². The maximum atomic E-state index is 13.2. The second-order valence-corrected chi connectivity index (χ2v) is 8.55. The highest BCUT2D eigenvalue weighted by atomic mass is 16.5. The Labute approximate surface area is 182 Å². The van der Waals surface area contributed by atoms with Crippen molar-refractivity contribution in [3.63, 3.8) is 0 Å². The van der Waals surface area contributed by atoms with Gasteiger partial charge in [0.15, 0.2) is 0 Å². The first kappa shape index (κ1) is 23.1. The molecule has 2 aliphatic heterocycles. The molecule has 1 fully saturated rings.